The van der Waals surface area contributed by atoms with Crippen molar-refractivity contribution in [3.8, 4) is 0 Å². The van der Waals surface area contributed by atoms with Crippen LogP contribution in [0.3, 0.4) is 0 Å². The van der Waals surface area contributed by atoms with Gasteiger partial charge in [0.15, 0.2) is 0 Å². The van der Waals surface area contributed by atoms with Gasteiger partial charge in [-0.05, 0) is 56.8 Å². The van der Waals surface area contributed by atoms with E-state index in [1.165, 1.54) is 19.3 Å². The number of aliphatic hydroxyl groups is 2. The molecule has 2 N–H and O–H groups in total. The Balaban J connectivity index is 2.14. The van der Waals surface area contributed by atoms with Crippen molar-refractivity contribution in [1.29, 1.82) is 0 Å². The van der Waals surface area contributed by atoms with E-state index < -0.39 is 0 Å². The zero-order valence-corrected chi connectivity index (χ0v) is 20.9. The normalized spacial score (nSPS) is 22.9. The number of unbranched alkanes of at least 4 members (excludes halogenated alkanes) is 5. The van der Waals surface area contributed by atoms with Crippen molar-refractivity contribution in [2.75, 3.05) is 12.4 Å². The number of rotatable bonds is 16. The van der Waals surface area contributed by atoms with Crippen molar-refractivity contribution in [3.63, 3.8) is 0 Å². The molecule has 4 unspecified atom stereocenters. The van der Waals surface area contributed by atoms with Crippen LogP contribution in [-0.4, -0.2) is 46.0 Å². The van der Waals surface area contributed by atoms with Gasteiger partial charge in [0.2, 0.25) is 0 Å². The lowest BCUT2D eigenvalue weighted by atomic mass is 9.89. The molecule has 0 aromatic rings. The molecule has 0 aromatic carbocycles. The highest BCUT2D eigenvalue weighted by Crippen LogP contribution is 2.39. The molecule has 30 heavy (non-hydrogen) atoms. The monoisotopic (exact) mass is 444 g/mol. The number of ether oxygens (including phenoxy) is 1. The molecule has 0 amide bonds. The van der Waals surface area contributed by atoms with E-state index in [0.717, 1.165) is 63.5 Å². The Hall–Kier alpha value is -0.260. The lowest BCUT2D eigenvalue weighted by molar-refractivity contribution is -0.143. The number of carbonyl (C=O) groups is 1. The van der Waals surface area contributed by atoms with Crippen LogP contribution in [0, 0.1) is 11.3 Å². The minimum Gasteiger partial charge on any atom is -0.466 e. The SMILES string of the molecule is CCOC(=O)CCCCCCC1C(O)CCC1SCC(O)CCCCCC(C)(C)C. The summed E-state index contributed by atoms with van der Waals surface area (Å²) in [6.45, 7) is 9.16. The third-order valence-corrected chi connectivity index (χ3v) is 7.75. The predicted molar refractivity (Wildman–Crippen MR) is 128 cm³/mol. The molecule has 1 fully saturated rings. The Morgan fingerprint density at radius 2 is 1.77 bits per heavy atom. The van der Waals surface area contributed by atoms with Crippen molar-refractivity contribution in [1.82, 2.24) is 0 Å². The molecule has 4 atom stereocenters. The molecule has 178 valence electrons. The maximum Gasteiger partial charge on any atom is 0.305 e. The van der Waals surface area contributed by atoms with E-state index in [1.54, 1.807) is 0 Å². The van der Waals surface area contributed by atoms with Gasteiger partial charge in [-0.3, -0.25) is 4.79 Å². The summed E-state index contributed by atoms with van der Waals surface area (Å²) < 4.78 is 4.96. The Kier molecular flexibility index (Phi) is 14.4. The van der Waals surface area contributed by atoms with Crippen molar-refractivity contribution < 1.29 is 19.7 Å². The molecular weight excluding hydrogens is 396 g/mol. The highest BCUT2D eigenvalue weighted by atomic mass is 32.2. The van der Waals surface area contributed by atoms with Crippen LogP contribution in [0.25, 0.3) is 0 Å². The van der Waals surface area contributed by atoms with Gasteiger partial charge in [0.25, 0.3) is 0 Å². The van der Waals surface area contributed by atoms with Crippen LogP contribution >= 0.6 is 11.8 Å². The summed E-state index contributed by atoms with van der Waals surface area (Å²) in [6, 6.07) is 0. The molecule has 0 heterocycles. The first-order valence-corrected chi connectivity index (χ1v) is 13.4. The zero-order valence-electron chi connectivity index (χ0n) is 20.0. The van der Waals surface area contributed by atoms with Gasteiger partial charge in [-0.25, -0.2) is 0 Å². The van der Waals surface area contributed by atoms with E-state index in [4.69, 9.17) is 4.74 Å². The zero-order chi connectivity index (χ0) is 22.4. The molecule has 1 aliphatic rings. The second-order valence-corrected chi connectivity index (χ2v) is 11.5. The molecule has 5 heteroatoms. The van der Waals surface area contributed by atoms with Crippen molar-refractivity contribution in [3.05, 3.63) is 0 Å². The lowest BCUT2D eigenvalue weighted by Gasteiger charge is -2.23. The lowest BCUT2D eigenvalue weighted by Crippen LogP contribution is -2.22. The number of hydrogen-bond acceptors (Lipinski definition) is 5. The molecule has 0 radical (unpaired) electrons. The third-order valence-electron chi connectivity index (χ3n) is 6.16. The van der Waals surface area contributed by atoms with E-state index in [2.05, 4.69) is 20.8 Å². The van der Waals surface area contributed by atoms with Crippen LogP contribution in [0.2, 0.25) is 0 Å². The summed E-state index contributed by atoms with van der Waals surface area (Å²) in [4.78, 5) is 11.4. The Labute approximate surface area is 189 Å². The summed E-state index contributed by atoms with van der Waals surface area (Å²) in [6.07, 6.45) is 13.0. The highest BCUT2D eigenvalue weighted by molar-refractivity contribution is 7.99. The molecule has 1 aliphatic carbocycles. The minimum atomic E-state index is -0.217. The molecule has 0 aromatic heterocycles. The summed E-state index contributed by atoms with van der Waals surface area (Å²) in [5.41, 5.74) is 0.410. The first kappa shape index (κ1) is 27.8. The molecule has 4 nitrogen and oxygen atoms in total. The maximum atomic E-state index is 11.4. The van der Waals surface area contributed by atoms with E-state index in [-0.39, 0.29) is 18.2 Å². The molecule has 0 aliphatic heterocycles. The number of esters is 1. The van der Waals surface area contributed by atoms with Crippen LogP contribution in [0.15, 0.2) is 0 Å². The Morgan fingerprint density at radius 1 is 1.07 bits per heavy atom. The number of aliphatic hydroxyl groups excluding tert-OH is 2. The Bertz CT molecular complexity index is 449. The molecule has 1 rings (SSSR count). The van der Waals surface area contributed by atoms with Gasteiger partial charge < -0.3 is 14.9 Å². The van der Waals surface area contributed by atoms with Crippen LogP contribution in [0.4, 0.5) is 0 Å². The minimum absolute atomic E-state index is 0.0899. The van der Waals surface area contributed by atoms with Crippen molar-refractivity contribution in [2.24, 2.45) is 11.3 Å². The van der Waals surface area contributed by atoms with Crippen LogP contribution in [0.5, 0.6) is 0 Å². The van der Waals surface area contributed by atoms with E-state index in [9.17, 15) is 15.0 Å². The predicted octanol–water partition coefficient (Wildman–Crippen LogP) is 6.12. The van der Waals surface area contributed by atoms with Crippen LogP contribution in [0.1, 0.15) is 111 Å². The largest absolute Gasteiger partial charge is 0.466 e. The van der Waals surface area contributed by atoms with Crippen LogP contribution in [-0.2, 0) is 9.53 Å². The van der Waals surface area contributed by atoms with Gasteiger partial charge in [0.1, 0.15) is 0 Å². The molecular formula is C25H48O4S. The molecule has 0 spiro atoms. The molecule has 0 saturated heterocycles. The van der Waals surface area contributed by atoms with Gasteiger partial charge in [0.05, 0.1) is 18.8 Å². The van der Waals surface area contributed by atoms with E-state index in [0.29, 0.717) is 29.6 Å². The fourth-order valence-corrected chi connectivity index (χ4v) is 5.87. The van der Waals surface area contributed by atoms with Gasteiger partial charge >= 0.3 is 5.97 Å². The summed E-state index contributed by atoms with van der Waals surface area (Å²) in [7, 11) is 0. The van der Waals surface area contributed by atoms with Gasteiger partial charge in [-0.15, -0.1) is 0 Å². The molecule has 1 saturated carbocycles. The van der Waals surface area contributed by atoms with Crippen molar-refractivity contribution in [2.45, 2.75) is 129 Å². The van der Waals surface area contributed by atoms with Crippen molar-refractivity contribution >= 4 is 17.7 Å². The first-order chi connectivity index (χ1) is 14.2. The Morgan fingerprint density at radius 3 is 2.47 bits per heavy atom. The fourth-order valence-electron chi connectivity index (χ4n) is 4.36. The quantitative estimate of drug-likeness (QED) is 0.222. The average molecular weight is 445 g/mol. The van der Waals surface area contributed by atoms with Gasteiger partial charge in [-0.2, -0.15) is 11.8 Å². The summed E-state index contributed by atoms with van der Waals surface area (Å²) >= 11 is 1.88. The first-order valence-electron chi connectivity index (χ1n) is 12.4. The second-order valence-electron chi connectivity index (χ2n) is 10.3. The van der Waals surface area contributed by atoms with Gasteiger partial charge in [0, 0.05) is 17.4 Å². The maximum absolute atomic E-state index is 11.4. The second kappa shape index (κ2) is 15.5. The highest BCUT2D eigenvalue weighted by Gasteiger charge is 2.34. The topological polar surface area (TPSA) is 66.8 Å². The smallest absolute Gasteiger partial charge is 0.305 e. The van der Waals surface area contributed by atoms with E-state index >= 15 is 0 Å². The third kappa shape index (κ3) is 13.2. The molecule has 0 bridgehead atoms. The number of thioether (sulfide) groups is 1. The summed E-state index contributed by atoms with van der Waals surface area (Å²) in [5, 5.41) is 21.2. The number of hydrogen-bond donors (Lipinski definition) is 2. The van der Waals surface area contributed by atoms with Crippen LogP contribution < -0.4 is 0 Å². The average Bonchev–Trinajstić information content (AvgIpc) is 3.01. The number of carbonyl (C=O) groups excluding carboxylic acids is 1. The standard InChI is InChI=1S/C25H48O4S/c1-5-29-24(28)15-11-7-6-10-14-21-22(27)16-17-23(21)30-19-20(26)13-9-8-12-18-25(2,3)4/h20-23,26-27H,5-19H2,1-4H3. The summed E-state index contributed by atoms with van der Waals surface area (Å²) in [5.74, 6) is 1.07. The van der Waals surface area contributed by atoms with Gasteiger partial charge in [-0.1, -0.05) is 59.3 Å². The fraction of sp³-hybridized carbons (Fsp3) is 0.960. The van der Waals surface area contributed by atoms with E-state index in [1.807, 2.05) is 18.7 Å².